The second kappa shape index (κ2) is 14.9. The van der Waals surface area contributed by atoms with Crippen molar-refractivity contribution in [1.29, 1.82) is 0 Å². The summed E-state index contributed by atoms with van der Waals surface area (Å²) in [4.78, 5) is 38.5. The molecular weight excluding hydrogens is 482 g/mol. The number of imide groups is 1. The van der Waals surface area contributed by atoms with Gasteiger partial charge in [0.1, 0.15) is 5.69 Å². The molecular formula is C25H39N5O7. The van der Waals surface area contributed by atoms with E-state index in [4.69, 9.17) is 18.9 Å². The van der Waals surface area contributed by atoms with Gasteiger partial charge in [-0.05, 0) is 18.3 Å². The standard InChI is InChI=1S/C25H39N5O7/c1-3-25(2)7-8-28(20-25)22(31)6-10-34-12-14-36-16-17-37-15-13-35-11-9-29-18-21(26-27-29)19-30-23(32)4-5-24(30)33/h4-5,18H,3,6-17,19-20H2,1-2H3. The number of likely N-dealkylation sites (tertiary alicyclic amines) is 1. The molecule has 0 aliphatic carbocycles. The van der Waals surface area contributed by atoms with Gasteiger partial charge in [-0.1, -0.05) is 19.1 Å². The van der Waals surface area contributed by atoms with Gasteiger partial charge in [0.2, 0.25) is 5.91 Å². The first-order valence-electron chi connectivity index (χ1n) is 12.9. The normalized spacial score (nSPS) is 19.5. The number of carbonyl (C=O) groups excluding carboxylic acids is 3. The third-order valence-corrected chi connectivity index (χ3v) is 6.61. The number of hydrogen-bond donors (Lipinski definition) is 0. The smallest absolute Gasteiger partial charge is 0.253 e. The highest BCUT2D eigenvalue weighted by Crippen LogP contribution is 2.33. The van der Waals surface area contributed by atoms with Crippen molar-refractivity contribution in [1.82, 2.24) is 24.8 Å². The molecule has 0 spiro atoms. The van der Waals surface area contributed by atoms with E-state index in [1.807, 2.05) is 4.90 Å². The number of nitrogens with zero attached hydrogens (tertiary/aromatic N) is 5. The molecule has 0 N–H and O–H groups in total. The van der Waals surface area contributed by atoms with Gasteiger partial charge in [0.15, 0.2) is 0 Å². The van der Waals surface area contributed by atoms with Gasteiger partial charge in [0.25, 0.3) is 11.8 Å². The lowest BCUT2D eigenvalue weighted by atomic mass is 9.87. The van der Waals surface area contributed by atoms with Gasteiger partial charge in [-0.2, -0.15) is 0 Å². The fourth-order valence-electron chi connectivity index (χ4n) is 4.03. The van der Waals surface area contributed by atoms with Gasteiger partial charge < -0.3 is 23.8 Å². The van der Waals surface area contributed by atoms with Crippen molar-refractivity contribution in [2.75, 3.05) is 65.9 Å². The average Bonchev–Trinajstić information content (AvgIpc) is 3.60. The van der Waals surface area contributed by atoms with Gasteiger partial charge in [-0.3, -0.25) is 19.3 Å². The zero-order valence-electron chi connectivity index (χ0n) is 21.9. The van der Waals surface area contributed by atoms with Crippen molar-refractivity contribution < 1.29 is 33.3 Å². The number of carbonyl (C=O) groups is 3. The topological polar surface area (TPSA) is 125 Å². The molecule has 37 heavy (non-hydrogen) atoms. The summed E-state index contributed by atoms with van der Waals surface area (Å²) in [5, 5.41) is 7.96. The second-order valence-electron chi connectivity index (χ2n) is 9.50. The highest BCUT2D eigenvalue weighted by molar-refractivity contribution is 6.12. The fourth-order valence-corrected chi connectivity index (χ4v) is 4.03. The Kier molecular flexibility index (Phi) is 11.6. The zero-order chi connectivity index (χ0) is 26.5. The first-order chi connectivity index (χ1) is 17.9. The van der Waals surface area contributed by atoms with Crippen LogP contribution in [0.4, 0.5) is 0 Å². The van der Waals surface area contributed by atoms with Crippen LogP contribution >= 0.6 is 0 Å². The number of aromatic nitrogens is 3. The third-order valence-electron chi connectivity index (χ3n) is 6.61. The first kappa shape index (κ1) is 28.9. The number of amides is 3. The van der Waals surface area contributed by atoms with Crippen molar-refractivity contribution in [3.63, 3.8) is 0 Å². The summed E-state index contributed by atoms with van der Waals surface area (Å²) in [6, 6.07) is 0. The van der Waals surface area contributed by atoms with Crippen LogP contribution in [0.2, 0.25) is 0 Å². The molecule has 0 radical (unpaired) electrons. The summed E-state index contributed by atoms with van der Waals surface area (Å²) < 4.78 is 23.6. The molecule has 1 unspecified atom stereocenters. The molecule has 0 aromatic carbocycles. The zero-order valence-corrected chi connectivity index (χ0v) is 21.9. The lowest BCUT2D eigenvalue weighted by molar-refractivity contribution is -0.137. The second-order valence-corrected chi connectivity index (χ2v) is 9.50. The maximum absolute atomic E-state index is 12.3. The van der Waals surface area contributed by atoms with Crippen molar-refractivity contribution >= 4 is 17.7 Å². The Morgan fingerprint density at radius 2 is 1.54 bits per heavy atom. The van der Waals surface area contributed by atoms with Crippen LogP contribution in [0, 0.1) is 5.41 Å². The van der Waals surface area contributed by atoms with Gasteiger partial charge in [-0.25, -0.2) is 4.68 Å². The maximum Gasteiger partial charge on any atom is 0.253 e. The summed E-state index contributed by atoms with van der Waals surface area (Å²) >= 11 is 0. The first-order valence-corrected chi connectivity index (χ1v) is 12.9. The molecule has 2 aliphatic rings. The highest BCUT2D eigenvalue weighted by Gasteiger charge is 2.34. The highest BCUT2D eigenvalue weighted by atomic mass is 16.6. The Balaban J connectivity index is 1.08. The lowest BCUT2D eigenvalue weighted by Crippen LogP contribution is -2.31. The van der Waals surface area contributed by atoms with Gasteiger partial charge in [0, 0.05) is 25.2 Å². The molecule has 1 saturated heterocycles. The Bertz CT molecular complexity index is 903. The van der Waals surface area contributed by atoms with Crippen LogP contribution in [-0.4, -0.2) is 108 Å². The van der Waals surface area contributed by atoms with Crippen molar-refractivity contribution in [3.8, 4) is 0 Å². The molecule has 2 aliphatic heterocycles. The molecule has 12 heteroatoms. The van der Waals surface area contributed by atoms with Crippen molar-refractivity contribution in [2.45, 2.75) is 46.2 Å². The molecule has 1 aromatic heterocycles. The Hall–Kier alpha value is -2.67. The Morgan fingerprint density at radius 3 is 2.14 bits per heavy atom. The van der Waals surface area contributed by atoms with E-state index in [-0.39, 0.29) is 29.7 Å². The van der Waals surface area contributed by atoms with E-state index < -0.39 is 0 Å². The number of hydrogen-bond acceptors (Lipinski definition) is 9. The predicted octanol–water partition coefficient (Wildman–Crippen LogP) is 0.808. The van der Waals surface area contributed by atoms with Crippen molar-refractivity contribution in [2.24, 2.45) is 5.41 Å². The SMILES string of the molecule is CCC1(C)CCN(C(=O)CCOCCOCCOCCOCCn2cc(CN3C(=O)C=CC3=O)nn2)C1. The van der Waals surface area contributed by atoms with E-state index in [1.165, 1.54) is 12.2 Å². The van der Waals surface area contributed by atoms with Crippen LogP contribution in [0.15, 0.2) is 18.3 Å². The van der Waals surface area contributed by atoms with Crippen LogP contribution in [0.25, 0.3) is 0 Å². The third kappa shape index (κ3) is 9.62. The van der Waals surface area contributed by atoms with E-state index in [0.29, 0.717) is 71.5 Å². The fraction of sp³-hybridized carbons (Fsp3) is 0.720. The maximum atomic E-state index is 12.3. The summed E-state index contributed by atoms with van der Waals surface area (Å²) in [7, 11) is 0. The van der Waals surface area contributed by atoms with E-state index in [0.717, 1.165) is 30.8 Å². The van der Waals surface area contributed by atoms with Crippen LogP contribution in [0.5, 0.6) is 0 Å². The van der Waals surface area contributed by atoms with Gasteiger partial charge in [0.05, 0.1) is 78.6 Å². The molecule has 1 atom stereocenters. The molecule has 0 saturated carbocycles. The number of rotatable bonds is 18. The molecule has 3 rings (SSSR count). The Labute approximate surface area is 217 Å². The van der Waals surface area contributed by atoms with Crippen LogP contribution in [0.3, 0.4) is 0 Å². The van der Waals surface area contributed by atoms with Crippen LogP contribution < -0.4 is 0 Å². The molecule has 3 amide bonds. The summed E-state index contributed by atoms with van der Waals surface area (Å²) in [5.74, 6) is -0.519. The van der Waals surface area contributed by atoms with Crippen molar-refractivity contribution in [3.05, 3.63) is 24.0 Å². The quantitative estimate of drug-likeness (QED) is 0.204. The molecule has 1 fully saturated rings. The Morgan fingerprint density at radius 1 is 0.946 bits per heavy atom. The summed E-state index contributed by atoms with van der Waals surface area (Å²) in [5.41, 5.74) is 0.801. The average molecular weight is 522 g/mol. The van der Waals surface area contributed by atoms with E-state index >= 15 is 0 Å². The minimum Gasteiger partial charge on any atom is -0.379 e. The number of ether oxygens (including phenoxy) is 4. The van der Waals surface area contributed by atoms with Crippen LogP contribution in [0.1, 0.15) is 38.8 Å². The van der Waals surface area contributed by atoms with E-state index in [2.05, 4.69) is 24.2 Å². The monoisotopic (exact) mass is 521 g/mol. The molecule has 206 valence electrons. The molecule has 1 aromatic rings. The molecule has 12 nitrogen and oxygen atoms in total. The molecule has 0 bridgehead atoms. The predicted molar refractivity (Wildman–Crippen MR) is 132 cm³/mol. The summed E-state index contributed by atoms with van der Waals surface area (Å²) in [6.45, 7) is 10.3. The van der Waals surface area contributed by atoms with Gasteiger partial charge in [-0.15, -0.1) is 5.10 Å². The largest absolute Gasteiger partial charge is 0.379 e. The minimum absolute atomic E-state index is 0.102. The van der Waals surface area contributed by atoms with E-state index in [9.17, 15) is 14.4 Å². The van der Waals surface area contributed by atoms with Gasteiger partial charge >= 0.3 is 0 Å². The summed E-state index contributed by atoms with van der Waals surface area (Å²) in [6.07, 6.45) is 6.76. The van der Waals surface area contributed by atoms with Crippen LogP contribution in [-0.2, 0) is 46.4 Å². The van der Waals surface area contributed by atoms with E-state index in [1.54, 1.807) is 10.9 Å². The molecule has 3 heterocycles. The minimum atomic E-state index is -0.345. The lowest BCUT2D eigenvalue weighted by Gasteiger charge is -2.22.